The van der Waals surface area contributed by atoms with Gasteiger partial charge in [0.2, 0.25) is 0 Å². The number of benzene rings is 1. The molecule has 1 atom stereocenters. The Kier molecular flexibility index (Phi) is 3.36. The molecule has 0 aliphatic rings. The van der Waals surface area contributed by atoms with Gasteiger partial charge in [0.05, 0.1) is 12.7 Å². The van der Waals surface area contributed by atoms with Crippen molar-refractivity contribution >= 4 is 0 Å². The summed E-state index contributed by atoms with van der Waals surface area (Å²) in [6, 6.07) is 4.07. The summed E-state index contributed by atoms with van der Waals surface area (Å²) >= 11 is 0. The molecule has 72 valence electrons. The molecule has 0 spiro atoms. The Labute approximate surface area is 75.6 Å². The predicted octanol–water partition coefficient (Wildman–Crippen LogP) is 0.310. The summed E-state index contributed by atoms with van der Waals surface area (Å²) in [5, 5.41) is 18.1. The molecule has 0 saturated carbocycles. The Hall–Kier alpha value is -0.970. The van der Waals surface area contributed by atoms with Crippen LogP contribution in [0.5, 0.6) is 0 Å². The summed E-state index contributed by atoms with van der Waals surface area (Å²) in [5.74, 6) is -0.476. The van der Waals surface area contributed by atoms with E-state index in [2.05, 4.69) is 0 Å². The molecular formula is C9H12FNO2. The van der Waals surface area contributed by atoms with Crippen molar-refractivity contribution in [1.29, 1.82) is 0 Å². The zero-order valence-electron chi connectivity index (χ0n) is 7.07. The predicted molar refractivity (Wildman–Crippen MR) is 46.3 cm³/mol. The van der Waals surface area contributed by atoms with Crippen molar-refractivity contribution in [2.24, 2.45) is 5.73 Å². The van der Waals surface area contributed by atoms with E-state index in [9.17, 15) is 9.50 Å². The molecule has 0 bridgehead atoms. The minimum atomic E-state index is -0.800. The zero-order chi connectivity index (χ0) is 9.84. The molecule has 0 amide bonds. The highest BCUT2D eigenvalue weighted by Gasteiger charge is 2.08. The van der Waals surface area contributed by atoms with Crippen molar-refractivity contribution in [3.05, 3.63) is 35.1 Å². The first-order chi connectivity index (χ1) is 6.19. The topological polar surface area (TPSA) is 66.5 Å². The molecule has 0 aliphatic carbocycles. The van der Waals surface area contributed by atoms with Crippen LogP contribution in [0.2, 0.25) is 0 Å². The second-order valence-corrected chi connectivity index (χ2v) is 2.76. The van der Waals surface area contributed by atoms with Crippen molar-refractivity contribution in [2.45, 2.75) is 12.7 Å². The third kappa shape index (κ3) is 2.24. The van der Waals surface area contributed by atoms with Crippen molar-refractivity contribution < 1.29 is 14.6 Å². The summed E-state index contributed by atoms with van der Waals surface area (Å²) < 4.78 is 12.9. The molecule has 0 radical (unpaired) electrons. The lowest BCUT2D eigenvalue weighted by atomic mass is 10.1. The first-order valence-electron chi connectivity index (χ1n) is 3.96. The van der Waals surface area contributed by atoms with Gasteiger partial charge in [-0.1, -0.05) is 6.07 Å². The van der Waals surface area contributed by atoms with Crippen molar-refractivity contribution in [2.75, 3.05) is 6.54 Å². The van der Waals surface area contributed by atoms with E-state index in [1.165, 1.54) is 18.2 Å². The number of aliphatic hydroxyl groups is 2. The van der Waals surface area contributed by atoms with E-state index in [0.717, 1.165) is 0 Å². The smallest absolute Gasteiger partial charge is 0.128 e. The van der Waals surface area contributed by atoms with Crippen LogP contribution in [0.15, 0.2) is 18.2 Å². The Balaban J connectivity index is 2.99. The maximum Gasteiger partial charge on any atom is 0.128 e. The number of nitrogens with two attached hydrogens (primary N) is 1. The van der Waals surface area contributed by atoms with E-state index >= 15 is 0 Å². The van der Waals surface area contributed by atoms with Gasteiger partial charge in [-0.05, 0) is 17.7 Å². The average molecular weight is 185 g/mol. The van der Waals surface area contributed by atoms with Gasteiger partial charge in [-0.2, -0.15) is 0 Å². The van der Waals surface area contributed by atoms with Crippen molar-refractivity contribution in [3.63, 3.8) is 0 Å². The minimum Gasteiger partial charge on any atom is -0.392 e. The van der Waals surface area contributed by atoms with Crippen molar-refractivity contribution in [3.8, 4) is 0 Å². The lowest BCUT2D eigenvalue weighted by molar-refractivity contribution is 0.186. The van der Waals surface area contributed by atoms with Crippen LogP contribution < -0.4 is 5.73 Å². The monoisotopic (exact) mass is 185 g/mol. The highest BCUT2D eigenvalue weighted by atomic mass is 19.1. The lowest BCUT2D eigenvalue weighted by Gasteiger charge is -2.09. The van der Waals surface area contributed by atoms with Gasteiger partial charge >= 0.3 is 0 Å². The maximum atomic E-state index is 12.9. The van der Waals surface area contributed by atoms with Crippen molar-refractivity contribution in [1.82, 2.24) is 0 Å². The summed E-state index contributed by atoms with van der Waals surface area (Å²) in [6.45, 7) is -0.298. The minimum absolute atomic E-state index is 0.0799. The van der Waals surface area contributed by atoms with E-state index in [-0.39, 0.29) is 18.7 Å². The van der Waals surface area contributed by atoms with Crippen LogP contribution in [0.25, 0.3) is 0 Å². The van der Waals surface area contributed by atoms with Crippen LogP contribution in [0, 0.1) is 5.82 Å². The summed E-state index contributed by atoms with van der Waals surface area (Å²) in [5.41, 5.74) is 5.92. The second kappa shape index (κ2) is 4.32. The maximum absolute atomic E-state index is 12.9. The van der Waals surface area contributed by atoms with E-state index in [4.69, 9.17) is 10.8 Å². The Morgan fingerprint density at radius 3 is 2.69 bits per heavy atom. The van der Waals surface area contributed by atoms with Crippen LogP contribution in [-0.4, -0.2) is 16.8 Å². The van der Waals surface area contributed by atoms with Crippen LogP contribution >= 0.6 is 0 Å². The van der Waals surface area contributed by atoms with Gasteiger partial charge < -0.3 is 15.9 Å². The van der Waals surface area contributed by atoms with E-state index < -0.39 is 11.9 Å². The number of hydrogen-bond donors (Lipinski definition) is 3. The number of aliphatic hydroxyl groups excluding tert-OH is 2. The van der Waals surface area contributed by atoms with Crippen LogP contribution in [-0.2, 0) is 6.61 Å². The average Bonchev–Trinajstić information content (AvgIpc) is 2.17. The highest BCUT2D eigenvalue weighted by Crippen LogP contribution is 2.16. The van der Waals surface area contributed by atoms with Gasteiger partial charge in [-0.15, -0.1) is 0 Å². The van der Waals surface area contributed by atoms with Gasteiger partial charge in [-0.3, -0.25) is 0 Å². The van der Waals surface area contributed by atoms with Gasteiger partial charge in [0.25, 0.3) is 0 Å². The molecular weight excluding hydrogens is 173 g/mol. The molecule has 0 aliphatic heterocycles. The fourth-order valence-corrected chi connectivity index (χ4v) is 1.06. The van der Waals surface area contributed by atoms with Gasteiger partial charge in [-0.25, -0.2) is 4.39 Å². The summed E-state index contributed by atoms with van der Waals surface area (Å²) in [4.78, 5) is 0. The quantitative estimate of drug-likeness (QED) is 0.635. The van der Waals surface area contributed by atoms with Crippen LogP contribution in [0.4, 0.5) is 4.39 Å². The fourth-order valence-electron chi connectivity index (χ4n) is 1.06. The number of hydrogen-bond acceptors (Lipinski definition) is 3. The molecule has 4 heteroatoms. The molecule has 4 N–H and O–H groups in total. The standard InChI is InChI=1S/C9H12FNO2/c10-8-2-1-6(9(13)4-11)3-7(8)5-12/h1-3,9,12-13H,4-5,11H2. The van der Waals surface area contributed by atoms with Gasteiger partial charge in [0.1, 0.15) is 5.82 Å². The van der Waals surface area contributed by atoms with Gasteiger partial charge in [0.15, 0.2) is 0 Å². The molecule has 3 nitrogen and oxygen atoms in total. The molecule has 13 heavy (non-hydrogen) atoms. The molecule has 0 heterocycles. The van der Waals surface area contributed by atoms with E-state index in [1.807, 2.05) is 0 Å². The van der Waals surface area contributed by atoms with E-state index in [1.54, 1.807) is 0 Å². The third-order valence-electron chi connectivity index (χ3n) is 1.85. The first-order valence-corrected chi connectivity index (χ1v) is 3.96. The fraction of sp³-hybridized carbons (Fsp3) is 0.333. The molecule has 1 unspecified atom stereocenters. The largest absolute Gasteiger partial charge is 0.392 e. The zero-order valence-corrected chi connectivity index (χ0v) is 7.07. The third-order valence-corrected chi connectivity index (χ3v) is 1.85. The highest BCUT2D eigenvalue weighted by molar-refractivity contribution is 5.26. The number of halogens is 1. The summed E-state index contributed by atoms with van der Waals surface area (Å²) in [7, 11) is 0. The molecule has 0 fully saturated rings. The van der Waals surface area contributed by atoms with E-state index in [0.29, 0.717) is 5.56 Å². The normalized spacial score (nSPS) is 12.9. The SMILES string of the molecule is NCC(O)c1ccc(F)c(CO)c1. The van der Waals surface area contributed by atoms with Gasteiger partial charge in [0, 0.05) is 12.1 Å². The van der Waals surface area contributed by atoms with Crippen LogP contribution in [0.3, 0.4) is 0 Å². The molecule has 1 aromatic carbocycles. The first kappa shape index (κ1) is 10.1. The van der Waals surface area contributed by atoms with Crippen LogP contribution in [0.1, 0.15) is 17.2 Å². The molecule has 1 rings (SSSR count). The molecule has 0 saturated heterocycles. The second-order valence-electron chi connectivity index (χ2n) is 2.76. The molecule has 0 aromatic heterocycles. The number of rotatable bonds is 3. The lowest BCUT2D eigenvalue weighted by Crippen LogP contribution is -2.12. The Morgan fingerprint density at radius 1 is 1.46 bits per heavy atom. The molecule has 1 aromatic rings. The summed E-state index contributed by atoms with van der Waals surface area (Å²) in [6.07, 6.45) is -0.800. The Bertz CT molecular complexity index is 291. The Morgan fingerprint density at radius 2 is 2.15 bits per heavy atom.